The molecule has 5 aromatic carbocycles. The van der Waals surface area contributed by atoms with Crippen molar-refractivity contribution in [3.05, 3.63) is 120 Å². The summed E-state index contributed by atoms with van der Waals surface area (Å²) in [6.45, 7) is 0. The number of aryl methyl sites for hydroxylation is 1. The minimum absolute atomic E-state index is 0.910. The van der Waals surface area contributed by atoms with Crippen LogP contribution in [-0.4, -0.2) is 0 Å². The molecular weight excluding hydrogens is 470 g/mol. The lowest BCUT2D eigenvalue weighted by Crippen LogP contribution is -2.11. The molecule has 2 aromatic heterocycles. The van der Waals surface area contributed by atoms with Gasteiger partial charge in [0.1, 0.15) is 11.2 Å². The summed E-state index contributed by atoms with van der Waals surface area (Å²) in [7, 11) is 0. The minimum atomic E-state index is 0.910. The fraction of sp³-hybridized carbons (Fsp3) is 0.0588. The van der Waals surface area contributed by atoms with Crippen molar-refractivity contribution in [3.8, 4) is 0 Å². The van der Waals surface area contributed by atoms with Gasteiger partial charge in [0.2, 0.25) is 0 Å². The number of hydrogen-bond acceptors (Lipinski definition) is 3. The van der Waals surface area contributed by atoms with Crippen LogP contribution in [0.25, 0.3) is 48.2 Å². The molecule has 7 aromatic rings. The summed E-state index contributed by atoms with van der Waals surface area (Å²) in [6, 6.07) is 36.9. The van der Waals surface area contributed by atoms with Crippen molar-refractivity contribution in [3.63, 3.8) is 0 Å². The first-order valence-electron chi connectivity index (χ1n) is 12.8. The van der Waals surface area contributed by atoms with Crippen LogP contribution in [0, 0.1) is 0 Å². The zero-order chi connectivity index (χ0) is 24.3. The van der Waals surface area contributed by atoms with E-state index in [1.165, 1.54) is 37.0 Å². The van der Waals surface area contributed by atoms with Crippen molar-refractivity contribution in [1.82, 2.24) is 0 Å². The number of para-hydroxylation sites is 2. The molecule has 2 heterocycles. The lowest BCUT2D eigenvalue weighted by molar-refractivity contribution is 0.669. The van der Waals surface area contributed by atoms with E-state index in [1.54, 1.807) is 0 Å². The fourth-order valence-corrected chi connectivity index (χ4v) is 7.05. The van der Waals surface area contributed by atoms with Crippen LogP contribution >= 0.6 is 11.3 Å². The second-order valence-electron chi connectivity index (χ2n) is 9.66. The highest BCUT2D eigenvalue weighted by molar-refractivity contribution is 7.26. The molecule has 0 bridgehead atoms. The molecule has 37 heavy (non-hydrogen) atoms. The molecule has 0 unspecified atom stereocenters. The molecule has 0 amide bonds. The Morgan fingerprint density at radius 3 is 2.38 bits per heavy atom. The highest BCUT2D eigenvalue weighted by Crippen LogP contribution is 2.48. The second kappa shape index (κ2) is 8.09. The van der Waals surface area contributed by atoms with E-state index in [-0.39, 0.29) is 0 Å². The minimum Gasteiger partial charge on any atom is -0.456 e. The third kappa shape index (κ3) is 3.18. The van der Waals surface area contributed by atoms with E-state index in [4.69, 9.17) is 4.42 Å². The average Bonchev–Trinajstić information content (AvgIpc) is 3.53. The maximum absolute atomic E-state index is 6.31. The Labute approximate surface area is 218 Å². The van der Waals surface area contributed by atoms with Gasteiger partial charge in [-0.1, -0.05) is 66.7 Å². The molecule has 0 saturated carbocycles. The lowest BCUT2D eigenvalue weighted by Gasteiger charge is -2.27. The zero-order valence-corrected chi connectivity index (χ0v) is 21.0. The average molecular weight is 494 g/mol. The molecule has 0 atom stereocenters. The monoisotopic (exact) mass is 493 g/mol. The molecule has 0 spiro atoms. The highest BCUT2D eigenvalue weighted by Gasteiger charge is 2.23. The second-order valence-corrected chi connectivity index (χ2v) is 10.7. The van der Waals surface area contributed by atoms with Crippen molar-refractivity contribution in [2.24, 2.45) is 0 Å². The largest absolute Gasteiger partial charge is 0.456 e. The Bertz CT molecular complexity index is 1990. The van der Waals surface area contributed by atoms with Crippen LogP contribution in [0.3, 0.4) is 0 Å². The Balaban J connectivity index is 1.45. The molecule has 3 heteroatoms. The first-order valence-corrected chi connectivity index (χ1v) is 13.6. The smallest absolute Gasteiger partial charge is 0.137 e. The van der Waals surface area contributed by atoms with E-state index in [2.05, 4.69) is 108 Å². The van der Waals surface area contributed by atoms with Crippen molar-refractivity contribution >= 4 is 76.6 Å². The van der Waals surface area contributed by atoms with Gasteiger partial charge in [-0.2, -0.15) is 0 Å². The first kappa shape index (κ1) is 20.8. The molecule has 0 fully saturated rings. The molecule has 0 radical (unpaired) electrons. The van der Waals surface area contributed by atoms with Crippen LogP contribution in [0.15, 0.2) is 114 Å². The van der Waals surface area contributed by atoms with Crippen LogP contribution in [0.4, 0.5) is 17.1 Å². The van der Waals surface area contributed by atoms with Gasteiger partial charge in [-0.25, -0.2) is 0 Å². The van der Waals surface area contributed by atoms with Crippen LogP contribution < -0.4 is 4.90 Å². The highest BCUT2D eigenvalue weighted by atomic mass is 32.1. The number of benzene rings is 5. The Kier molecular flexibility index (Phi) is 4.55. The predicted octanol–water partition coefficient (Wildman–Crippen LogP) is 10.4. The van der Waals surface area contributed by atoms with Crippen LogP contribution in [0.2, 0.25) is 0 Å². The van der Waals surface area contributed by atoms with Gasteiger partial charge in [0, 0.05) is 43.7 Å². The third-order valence-electron chi connectivity index (χ3n) is 7.50. The summed E-state index contributed by atoms with van der Waals surface area (Å²) in [5.41, 5.74) is 8.10. The van der Waals surface area contributed by atoms with Gasteiger partial charge in [-0.3, -0.25) is 0 Å². The summed E-state index contributed by atoms with van der Waals surface area (Å²) in [5.74, 6) is 0. The maximum atomic E-state index is 6.31. The molecule has 0 saturated heterocycles. The molecule has 1 aliphatic rings. The van der Waals surface area contributed by atoms with Crippen molar-refractivity contribution < 1.29 is 4.42 Å². The topological polar surface area (TPSA) is 16.4 Å². The molecule has 176 valence electrons. The van der Waals surface area contributed by atoms with Crippen molar-refractivity contribution in [2.45, 2.75) is 12.8 Å². The maximum Gasteiger partial charge on any atom is 0.137 e. The van der Waals surface area contributed by atoms with Gasteiger partial charge < -0.3 is 9.32 Å². The van der Waals surface area contributed by atoms with E-state index in [0.717, 1.165) is 46.2 Å². The van der Waals surface area contributed by atoms with Crippen LogP contribution in [0.1, 0.15) is 17.5 Å². The zero-order valence-electron chi connectivity index (χ0n) is 20.1. The molecular formula is C34H23NOS. The van der Waals surface area contributed by atoms with E-state index >= 15 is 0 Å². The van der Waals surface area contributed by atoms with Gasteiger partial charge in [-0.15, -0.1) is 11.3 Å². The van der Waals surface area contributed by atoms with Crippen molar-refractivity contribution in [1.29, 1.82) is 0 Å². The van der Waals surface area contributed by atoms with Gasteiger partial charge in [0.15, 0.2) is 0 Å². The summed E-state index contributed by atoms with van der Waals surface area (Å²) in [4.78, 5) is 2.41. The number of furan rings is 1. The molecule has 1 aliphatic carbocycles. The summed E-state index contributed by atoms with van der Waals surface area (Å²) in [5, 5.41) is 5.01. The standard InChI is InChI=1S/C34H23NOS/c1-2-11-23(12-3-1)35(24-18-19-27-26-14-6-8-16-30(26)36-31(27)21-24)29-20-22-10-4-5-13-25(22)33-28-15-7-9-17-32(28)37-34(29)33/h1-3,5-9,11-21H,4,10H2. The number of nitrogens with zero attached hydrogens (tertiary/aromatic N) is 1. The summed E-state index contributed by atoms with van der Waals surface area (Å²) >= 11 is 1.89. The molecule has 2 nitrogen and oxygen atoms in total. The quantitative estimate of drug-likeness (QED) is 0.243. The van der Waals surface area contributed by atoms with Gasteiger partial charge in [-0.05, 0) is 66.4 Å². The number of hydrogen-bond donors (Lipinski definition) is 0. The van der Waals surface area contributed by atoms with Gasteiger partial charge in [0.25, 0.3) is 0 Å². The first-order chi connectivity index (χ1) is 18.3. The van der Waals surface area contributed by atoms with Crippen molar-refractivity contribution in [2.75, 3.05) is 4.90 Å². The van der Waals surface area contributed by atoms with Gasteiger partial charge in [0.05, 0.1) is 10.4 Å². The fourth-order valence-electron chi connectivity index (χ4n) is 5.82. The number of thiophene rings is 1. The Morgan fingerprint density at radius 2 is 1.46 bits per heavy atom. The lowest BCUT2D eigenvalue weighted by atomic mass is 9.92. The molecule has 8 rings (SSSR count). The summed E-state index contributed by atoms with van der Waals surface area (Å²) < 4.78 is 8.95. The summed E-state index contributed by atoms with van der Waals surface area (Å²) in [6.07, 6.45) is 6.79. The SMILES string of the molecule is C1=Cc2c(cc(N(c3ccccc3)c3ccc4c(c3)oc3ccccc34)c3sc4ccccc4c23)CC1. The molecule has 0 aliphatic heterocycles. The number of allylic oxidation sites excluding steroid dienone is 1. The normalized spacial score (nSPS) is 13.1. The predicted molar refractivity (Wildman–Crippen MR) is 159 cm³/mol. The number of anilines is 3. The van der Waals surface area contributed by atoms with E-state index in [1.807, 2.05) is 23.5 Å². The van der Waals surface area contributed by atoms with Crippen LogP contribution in [-0.2, 0) is 6.42 Å². The number of rotatable bonds is 3. The Hall–Kier alpha value is -4.34. The van der Waals surface area contributed by atoms with E-state index in [9.17, 15) is 0 Å². The molecule has 0 N–H and O–H groups in total. The number of fused-ring (bicyclic) bond motifs is 8. The third-order valence-corrected chi connectivity index (χ3v) is 8.69. The van der Waals surface area contributed by atoms with Gasteiger partial charge >= 0.3 is 0 Å². The van der Waals surface area contributed by atoms with Crippen LogP contribution in [0.5, 0.6) is 0 Å². The van der Waals surface area contributed by atoms with E-state index in [0.29, 0.717) is 0 Å². The van der Waals surface area contributed by atoms with E-state index < -0.39 is 0 Å². The Morgan fingerprint density at radius 1 is 0.676 bits per heavy atom.